The van der Waals surface area contributed by atoms with E-state index in [1.165, 1.54) is 47.8 Å². The van der Waals surface area contributed by atoms with Crippen molar-refractivity contribution in [3.05, 3.63) is 33.8 Å². The molecule has 2 nitrogen and oxygen atoms in total. The molecule has 4 heteroatoms. The van der Waals surface area contributed by atoms with Crippen LogP contribution in [-0.2, 0) is 6.54 Å². The molecule has 114 valence electrons. The number of hydrogen-bond donors (Lipinski definition) is 1. The summed E-state index contributed by atoms with van der Waals surface area (Å²) in [6.07, 6.45) is 2.78. The van der Waals surface area contributed by atoms with Crippen molar-refractivity contribution in [3.8, 4) is 10.4 Å². The molecule has 21 heavy (non-hydrogen) atoms. The molecule has 0 bridgehead atoms. The molecule has 1 aliphatic rings. The predicted octanol–water partition coefficient (Wildman–Crippen LogP) is 4.30. The van der Waals surface area contributed by atoms with Crippen LogP contribution in [0.3, 0.4) is 0 Å². The average molecular weight is 321 g/mol. The Balaban J connectivity index is 1.41. The summed E-state index contributed by atoms with van der Waals surface area (Å²) in [6, 6.07) is 6.65. The van der Waals surface area contributed by atoms with Crippen LogP contribution >= 0.6 is 22.7 Å². The van der Waals surface area contributed by atoms with Crippen molar-refractivity contribution in [1.29, 1.82) is 0 Å². The third-order valence-corrected chi connectivity index (χ3v) is 5.88. The number of rotatable bonds is 7. The summed E-state index contributed by atoms with van der Waals surface area (Å²) in [5, 5.41) is 8.04. The molecule has 1 N–H and O–H groups in total. The van der Waals surface area contributed by atoms with Gasteiger partial charge in [0.25, 0.3) is 0 Å². The van der Waals surface area contributed by atoms with Gasteiger partial charge in [-0.3, -0.25) is 0 Å². The van der Waals surface area contributed by atoms with Crippen molar-refractivity contribution in [1.82, 2.24) is 10.2 Å². The van der Waals surface area contributed by atoms with Crippen molar-refractivity contribution in [2.75, 3.05) is 26.2 Å². The highest BCUT2D eigenvalue weighted by Gasteiger charge is 2.14. The maximum Gasteiger partial charge on any atom is 0.0351 e. The second-order valence-corrected chi connectivity index (χ2v) is 7.97. The van der Waals surface area contributed by atoms with Gasteiger partial charge in [-0.1, -0.05) is 13.0 Å². The molecule has 3 rings (SSSR count). The molecule has 2 aromatic rings. The van der Waals surface area contributed by atoms with E-state index >= 15 is 0 Å². The van der Waals surface area contributed by atoms with Crippen LogP contribution < -0.4 is 5.32 Å². The molecule has 0 amide bonds. The van der Waals surface area contributed by atoms with Gasteiger partial charge in [0.05, 0.1) is 0 Å². The van der Waals surface area contributed by atoms with Crippen LogP contribution in [0.2, 0.25) is 0 Å². The van der Waals surface area contributed by atoms with Gasteiger partial charge in [0, 0.05) is 28.4 Å². The van der Waals surface area contributed by atoms with Gasteiger partial charge < -0.3 is 10.2 Å². The molecule has 3 heterocycles. The summed E-state index contributed by atoms with van der Waals surface area (Å²) in [5.74, 6) is 0.736. The Morgan fingerprint density at radius 2 is 2.14 bits per heavy atom. The third kappa shape index (κ3) is 4.39. The minimum atomic E-state index is 0.736. The second kappa shape index (κ2) is 7.54. The fourth-order valence-corrected chi connectivity index (χ4v) is 4.60. The molecule has 0 radical (unpaired) electrons. The zero-order valence-electron chi connectivity index (χ0n) is 12.7. The topological polar surface area (TPSA) is 15.3 Å². The molecule has 1 fully saturated rings. The Morgan fingerprint density at radius 3 is 2.90 bits per heavy atom. The van der Waals surface area contributed by atoms with Gasteiger partial charge >= 0.3 is 0 Å². The maximum atomic E-state index is 3.62. The van der Waals surface area contributed by atoms with Gasteiger partial charge in [0.15, 0.2) is 0 Å². The van der Waals surface area contributed by atoms with Crippen LogP contribution in [0.5, 0.6) is 0 Å². The molecule has 1 atom stereocenters. The molecule has 1 saturated heterocycles. The van der Waals surface area contributed by atoms with Crippen LogP contribution in [0, 0.1) is 5.92 Å². The van der Waals surface area contributed by atoms with Crippen molar-refractivity contribution < 1.29 is 0 Å². The molecule has 0 aliphatic carbocycles. The van der Waals surface area contributed by atoms with E-state index in [2.05, 4.69) is 46.1 Å². The fourth-order valence-electron chi connectivity index (χ4n) is 2.96. The molecule has 1 aliphatic heterocycles. The van der Waals surface area contributed by atoms with E-state index in [1.54, 1.807) is 0 Å². The van der Waals surface area contributed by atoms with Crippen molar-refractivity contribution >= 4 is 22.7 Å². The average Bonchev–Trinajstić information content (AvgIpc) is 3.21. The quantitative estimate of drug-likeness (QED) is 0.818. The Labute approximate surface area is 135 Å². The number of nitrogens with zero attached hydrogens (tertiary/aromatic N) is 1. The summed E-state index contributed by atoms with van der Waals surface area (Å²) >= 11 is 3.68. The highest BCUT2D eigenvalue weighted by atomic mass is 32.1. The van der Waals surface area contributed by atoms with Crippen LogP contribution in [0.4, 0.5) is 0 Å². The number of nitrogens with one attached hydrogen (secondary N) is 1. The number of likely N-dealkylation sites (tertiary alicyclic amines) is 1. The van der Waals surface area contributed by atoms with Gasteiger partial charge in [-0.05, 0) is 61.3 Å². The molecule has 0 aromatic carbocycles. The summed E-state index contributed by atoms with van der Waals surface area (Å²) in [5.41, 5.74) is 1.37. The van der Waals surface area contributed by atoms with Gasteiger partial charge in [0.2, 0.25) is 0 Å². The molecule has 0 saturated carbocycles. The standard InChI is InChI=1S/C17H24N2S2/c1-14(12-19-6-2-3-7-19)10-18-11-16-9-15(13-21-16)17-5-4-8-20-17/h4-5,8-9,13-14,18H,2-3,6-7,10-12H2,1H3. The first-order valence-electron chi connectivity index (χ1n) is 7.85. The Hall–Kier alpha value is -0.680. The lowest BCUT2D eigenvalue weighted by Crippen LogP contribution is -2.31. The largest absolute Gasteiger partial charge is 0.312 e. The first-order valence-corrected chi connectivity index (χ1v) is 9.61. The van der Waals surface area contributed by atoms with Crippen molar-refractivity contribution in [2.45, 2.75) is 26.3 Å². The number of hydrogen-bond acceptors (Lipinski definition) is 4. The zero-order chi connectivity index (χ0) is 14.5. The van der Waals surface area contributed by atoms with Gasteiger partial charge in [0.1, 0.15) is 0 Å². The van der Waals surface area contributed by atoms with E-state index in [1.807, 2.05) is 22.7 Å². The first kappa shape index (κ1) is 15.2. The highest BCUT2D eigenvalue weighted by molar-refractivity contribution is 7.14. The number of thiophene rings is 2. The minimum Gasteiger partial charge on any atom is -0.312 e. The SMILES string of the molecule is CC(CNCc1cc(-c2cccs2)cs1)CN1CCCC1. The monoisotopic (exact) mass is 320 g/mol. The normalized spacial score (nSPS) is 17.4. The summed E-state index contributed by atoms with van der Waals surface area (Å²) in [4.78, 5) is 5.42. The molecule has 2 aromatic heterocycles. The van der Waals surface area contributed by atoms with Gasteiger partial charge in [-0.2, -0.15) is 0 Å². The lowest BCUT2D eigenvalue weighted by Gasteiger charge is -2.20. The minimum absolute atomic E-state index is 0.736. The molecular formula is C17H24N2S2. The third-order valence-electron chi connectivity index (χ3n) is 4.02. The second-order valence-electron chi connectivity index (χ2n) is 6.02. The Morgan fingerprint density at radius 1 is 1.29 bits per heavy atom. The van der Waals surface area contributed by atoms with Crippen LogP contribution in [-0.4, -0.2) is 31.1 Å². The van der Waals surface area contributed by atoms with Crippen molar-refractivity contribution in [2.24, 2.45) is 5.92 Å². The lowest BCUT2D eigenvalue weighted by atomic mass is 10.1. The highest BCUT2D eigenvalue weighted by Crippen LogP contribution is 2.29. The van der Waals surface area contributed by atoms with Crippen LogP contribution in [0.15, 0.2) is 29.0 Å². The summed E-state index contributed by atoms with van der Waals surface area (Å²) < 4.78 is 0. The fraction of sp³-hybridized carbons (Fsp3) is 0.529. The maximum absolute atomic E-state index is 3.62. The summed E-state index contributed by atoms with van der Waals surface area (Å²) in [6.45, 7) is 8.33. The van der Waals surface area contributed by atoms with E-state index in [0.717, 1.165) is 19.0 Å². The lowest BCUT2D eigenvalue weighted by molar-refractivity contribution is 0.283. The van der Waals surface area contributed by atoms with E-state index in [4.69, 9.17) is 0 Å². The Bertz CT molecular complexity index is 527. The molecular weight excluding hydrogens is 296 g/mol. The van der Waals surface area contributed by atoms with Crippen LogP contribution in [0.1, 0.15) is 24.6 Å². The summed E-state index contributed by atoms with van der Waals surface area (Å²) in [7, 11) is 0. The van der Waals surface area contributed by atoms with Gasteiger partial charge in [-0.25, -0.2) is 0 Å². The smallest absolute Gasteiger partial charge is 0.0351 e. The van der Waals surface area contributed by atoms with E-state index in [-0.39, 0.29) is 0 Å². The van der Waals surface area contributed by atoms with E-state index in [9.17, 15) is 0 Å². The molecule has 1 unspecified atom stereocenters. The van der Waals surface area contributed by atoms with E-state index < -0.39 is 0 Å². The van der Waals surface area contributed by atoms with Crippen LogP contribution in [0.25, 0.3) is 10.4 Å². The Kier molecular flexibility index (Phi) is 5.47. The van der Waals surface area contributed by atoms with Crippen molar-refractivity contribution in [3.63, 3.8) is 0 Å². The van der Waals surface area contributed by atoms with Gasteiger partial charge in [-0.15, -0.1) is 22.7 Å². The van der Waals surface area contributed by atoms with E-state index in [0.29, 0.717) is 0 Å². The predicted molar refractivity (Wildman–Crippen MR) is 94.2 cm³/mol. The zero-order valence-corrected chi connectivity index (χ0v) is 14.3. The first-order chi connectivity index (χ1) is 10.3. The molecule has 0 spiro atoms.